The van der Waals surface area contributed by atoms with Gasteiger partial charge in [-0.1, -0.05) is 5.21 Å². The van der Waals surface area contributed by atoms with Gasteiger partial charge in [-0.05, 0) is 20.1 Å². The molecule has 1 heterocycles. The lowest BCUT2D eigenvalue weighted by atomic mass is 10.2. The third-order valence-corrected chi connectivity index (χ3v) is 3.47. The summed E-state index contributed by atoms with van der Waals surface area (Å²) in [7, 11) is 1.91. The topological polar surface area (TPSA) is 42.7 Å². The van der Waals surface area contributed by atoms with E-state index in [-0.39, 0.29) is 4.75 Å². The quantitative estimate of drug-likeness (QED) is 0.795. The molecule has 0 atom stereocenters. The number of rotatable bonds is 5. The summed E-state index contributed by atoms with van der Waals surface area (Å²) in [6, 6.07) is 0. The molecule has 0 aromatic carbocycles. The van der Waals surface area contributed by atoms with E-state index in [1.807, 2.05) is 18.8 Å². The first-order valence-electron chi connectivity index (χ1n) is 4.64. The molecule has 0 spiro atoms. The Morgan fingerprint density at radius 2 is 2.29 bits per heavy atom. The van der Waals surface area contributed by atoms with Crippen LogP contribution in [0.2, 0.25) is 0 Å². The SMILES string of the molecule is CSC(C)(C)CNCc1cnnn1C. The monoisotopic (exact) mass is 214 g/mol. The molecule has 0 aliphatic carbocycles. The van der Waals surface area contributed by atoms with Gasteiger partial charge in [-0.3, -0.25) is 4.68 Å². The first kappa shape index (κ1) is 11.5. The minimum atomic E-state index is 0.284. The zero-order chi connectivity index (χ0) is 10.6. The summed E-state index contributed by atoms with van der Waals surface area (Å²) in [5.74, 6) is 0. The summed E-state index contributed by atoms with van der Waals surface area (Å²) < 4.78 is 2.07. The number of hydrogen-bond acceptors (Lipinski definition) is 4. The van der Waals surface area contributed by atoms with Crippen LogP contribution in [0, 0.1) is 0 Å². The van der Waals surface area contributed by atoms with E-state index < -0.39 is 0 Å². The molecule has 0 saturated heterocycles. The fourth-order valence-corrected chi connectivity index (χ4v) is 1.28. The highest BCUT2D eigenvalue weighted by atomic mass is 32.2. The highest BCUT2D eigenvalue weighted by Crippen LogP contribution is 2.19. The smallest absolute Gasteiger partial charge is 0.0738 e. The van der Waals surface area contributed by atoms with Crippen LogP contribution in [-0.4, -0.2) is 32.5 Å². The van der Waals surface area contributed by atoms with Crippen molar-refractivity contribution in [1.82, 2.24) is 20.3 Å². The molecule has 80 valence electrons. The second-order valence-corrected chi connectivity index (χ2v) is 5.43. The molecule has 0 aliphatic heterocycles. The Kier molecular flexibility index (Phi) is 3.95. The molecular formula is C9H18N4S. The van der Waals surface area contributed by atoms with Crippen LogP contribution in [0.3, 0.4) is 0 Å². The molecule has 5 heteroatoms. The largest absolute Gasteiger partial charge is 0.310 e. The number of hydrogen-bond donors (Lipinski definition) is 1. The average molecular weight is 214 g/mol. The normalized spacial score (nSPS) is 12.0. The summed E-state index contributed by atoms with van der Waals surface area (Å²) in [6.45, 7) is 6.27. The maximum Gasteiger partial charge on any atom is 0.0738 e. The molecule has 0 aliphatic rings. The van der Waals surface area contributed by atoms with Crippen molar-refractivity contribution >= 4 is 11.8 Å². The number of nitrogens with zero attached hydrogens (tertiary/aromatic N) is 3. The van der Waals surface area contributed by atoms with Gasteiger partial charge in [-0.25, -0.2) is 0 Å². The average Bonchev–Trinajstić information content (AvgIpc) is 2.52. The van der Waals surface area contributed by atoms with Crippen LogP contribution in [0.4, 0.5) is 0 Å². The number of nitrogens with one attached hydrogen (secondary N) is 1. The van der Waals surface area contributed by atoms with Crippen LogP contribution < -0.4 is 5.32 Å². The van der Waals surface area contributed by atoms with Crippen LogP contribution in [-0.2, 0) is 13.6 Å². The van der Waals surface area contributed by atoms with E-state index in [2.05, 4.69) is 35.7 Å². The van der Waals surface area contributed by atoms with Crippen molar-refractivity contribution in [3.05, 3.63) is 11.9 Å². The van der Waals surface area contributed by atoms with Crippen molar-refractivity contribution in [3.8, 4) is 0 Å². The van der Waals surface area contributed by atoms with Crippen LogP contribution >= 0.6 is 11.8 Å². The standard InChI is InChI=1S/C9H18N4S/c1-9(2,14-4)7-10-5-8-6-11-12-13(8)3/h6,10H,5,7H2,1-4H3. The first-order chi connectivity index (χ1) is 6.55. The van der Waals surface area contributed by atoms with E-state index in [0.717, 1.165) is 18.8 Å². The Labute approximate surface area is 89.5 Å². The van der Waals surface area contributed by atoms with E-state index in [0.29, 0.717) is 0 Å². The Hall–Kier alpha value is -0.550. The van der Waals surface area contributed by atoms with Gasteiger partial charge in [0.25, 0.3) is 0 Å². The number of thioether (sulfide) groups is 1. The fourth-order valence-electron chi connectivity index (χ4n) is 1.03. The van der Waals surface area contributed by atoms with Gasteiger partial charge in [-0.15, -0.1) is 5.10 Å². The summed E-state index contributed by atoms with van der Waals surface area (Å²) in [6.07, 6.45) is 3.92. The van der Waals surface area contributed by atoms with Crippen molar-refractivity contribution in [2.75, 3.05) is 12.8 Å². The predicted octanol–water partition coefficient (Wildman–Crippen LogP) is 1.05. The zero-order valence-corrected chi connectivity index (χ0v) is 10.1. The lowest BCUT2D eigenvalue weighted by Gasteiger charge is -2.22. The van der Waals surface area contributed by atoms with Crippen molar-refractivity contribution in [2.45, 2.75) is 25.1 Å². The van der Waals surface area contributed by atoms with Gasteiger partial charge in [0.15, 0.2) is 0 Å². The summed E-state index contributed by atoms with van der Waals surface area (Å²) in [5, 5.41) is 11.1. The minimum absolute atomic E-state index is 0.284. The third kappa shape index (κ3) is 3.31. The van der Waals surface area contributed by atoms with Gasteiger partial charge < -0.3 is 5.32 Å². The van der Waals surface area contributed by atoms with E-state index in [1.165, 1.54) is 0 Å². The molecule has 1 aromatic rings. The first-order valence-corrected chi connectivity index (χ1v) is 5.87. The zero-order valence-electron chi connectivity index (χ0n) is 9.24. The Morgan fingerprint density at radius 1 is 1.57 bits per heavy atom. The highest BCUT2D eigenvalue weighted by Gasteiger charge is 2.14. The summed E-state index contributed by atoms with van der Waals surface area (Å²) in [5.41, 5.74) is 1.11. The van der Waals surface area contributed by atoms with Gasteiger partial charge in [0.1, 0.15) is 0 Å². The van der Waals surface area contributed by atoms with Crippen molar-refractivity contribution < 1.29 is 0 Å². The molecule has 14 heavy (non-hydrogen) atoms. The molecule has 1 N–H and O–H groups in total. The maximum atomic E-state index is 3.87. The summed E-state index contributed by atoms with van der Waals surface area (Å²) in [4.78, 5) is 0. The molecule has 0 radical (unpaired) electrons. The van der Waals surface area contributed by atoms with E-state index in [1.54, 1.807) is 10.9 Å². The second kappa shape index (κ2) is 4.79. The third-order valence-electron chi connectivity index (χ3n) is 2.22. The predicted molar refractivity (Wildman–Crippen MR) is 60.3 cm³/mol. The maximum absolute atomic E-state index is 3.87. The van der Waals surface area contributed by atoms with E-state index >= 15 is 0 Å². The van der Waals surface area contributed by atoms with Crippen LogP contribution in [0.25, 0.3) is 0 Å². The van der Waals surface area contributed by atoms with Crippen LogP contribution in [0.1, 0.15) is 19.5 Å². The lowest BCUT2D eigenvalue weighted by molar-refractivity contribution is 0.565. The molecular weight excluding hydrogens is 196 g/mol. The molecule has 1 aromatic heterocycles. The Bertz CT molecular complexity index is 282. The summed E-state index contributed by atoms with van der Waals surface area (Å²) >= 11 is 1.87. The van der Waals surface area contributed by atoms with Crippen molar-refractivity contribution in [3.63, 3.8) is 0 Å². The number of aryl methyl sites for hydroxylation is 1. The number of aromatic nitrogens is 3. The highest BCUT2D eigenvalue weighted by molar-refractivity contribution is 7.99. The van der Waals surface area contributed by atoms with Gasteiger partial charge >= 0.3 is 0 Å². The molecule has 4 nitrogen and oxygen atoms in total. The second-order valence-electron chi connectivity index (χ2n) is 3.92. The van der Waals surface area contributed by atoms with Crippen molar-refractivity contribution in [2.24, 2.45) is 7.05 Å². The Morgan fingerprint density at radius 3 is 2.79 bits per heavy atom. The van der Waals surface area contributed by atoms with Crippen LogP contribution in [0.15, 0.2) is 6.20 Å². The van der Waals surface area contributed by atoms with Gasteiger partial charge in [0.05, 0.1) is 11.9 Å². The minimum Gasteiger partial charge on any atom is -0.310 e. The van der Waals surface area contributed by atoms with Gasteiger partial charge in [-0.2, -0.15) is 11.8 Å². The molecule has 0 fully saturated rings. The molecule has 0 bridgehead atoms. The van der Waals surface area contributed by atoms with E-state index in [4.69, 9.17) is 0 Å². The lowest BCUT2D eigenvalue weighted by Crippen LogP contribution is -2.32. The molecule has 0 amide bonds. The van der Waals surface area contributed by atoms with Crippen LogP contribution in [0.5, 0.6) is 0 Å². The fraction of sp³-hybridized carbons (Fsp3) is 0.778. The molecule has 0 saturated carbocycles. The van der Waals surface area contributed by atoms with Crippen molar-refractivity contribution in [1.29, 1.82) is 0 Å². The van der Waals surface area contributed by atoms with Gasteiger partial charge in [0, 0.05) is 24.9 Å². The Balaban J connectivity index is 2.32. The molecule has 1 rings (SSSR count). The van der Waals surface area contributed by atoms with E-state index in [9.17, 15) is 0 Å². The van der Waals surface area contributed by atoms with Gasteiger partial charge in [0.2, 0.25) is 0 Å². The molecule has 0 unspecified atom stereocenters.